The third kappa shape index (κ3) is 3.63. The topological polar surface area (TPSA) is 30.5 Å². The lowest BCUT2D eigenvalue weighted by atomic mass is 9.91. The third-order valence-electron chi connectivity index (χ3n) is 3.64. The van der Waals surface area contributed by atoms with E-state index in [0.29, 0.717) is 0 Å². The molecule has 3 nitrogen and oxygen atoms in total. The maximum absolute atomic E-state index is 5.75. The molecule has 1 atom stereocenters. The van der Waals surface area contributed by atoms with Gasteiger partial charge in [0.25, 0.3) is 0 Å². The van der Waals surface area contributed by atoms with E-state index in [1.165, 1.54) is 18.4 Å². The van der Waals surface area contributed by atoms with E-state index in [1.807, 2.05) is 19.9 Å². The van der Waals surface area contributed by atoms with Gasteiger partial charge in [-0.15, -0.1) is 0 Å². The van der Waals surface area contributed by atoms with Gasteiger partial charge in [0.2, 0.25) is 0 Å². The molecule has 0 spiro atoms. The van der Waals surface area contributed by atoms with Crippen molar-refractivity contribution in [1.82, 2.24) is 5.32 Å². The van der Waals surface area contributed by atoms with Crippen molar-refractivity contribution >= 4 is 0 Å². The fourth-order valence-corrected chi connectivity index (χ4v) is 2.73. The summed E-state index contributed by atoms with van der Waals surface area (Å²) in [4.78, 5) is 0. The maximum atomic E-state index is 5.75. The zero-order valence-electron chi connectivity index (χ0n) is 12.5. The molecule has 1 aromatic rings. The van der Waals surface area contributed by atoms with Crippen molar-refractivity contribution in [3.05, 3.63) is 23.8 Å². The summed E-state index contributed by atoms with van der Waals surface area (Å²) in [6.07, 6.45) is 3.70. The standard InChI is InChI=1S/C16H25NO2/c1-12(2)19-14-7-6-13(10-15(14)18-4)11-16(3)8-5-9-17-16/h6-7,10,12,17H,5,8-9,11H2,1-4H3. The van der Waals surface area contributed by atoms with Crippen LogP contribution >= 0.6 is 0 Å². The molecule has 1 fully saturated rings. The zero-order chi connectivity index (χ0) is 13.9. The van der Waals surface area contributed by atoms with E-state index in [2.05, 4.69) is 24.4 Å². The molecule has 1 N–H and O–H groups in total. The van der Waals surface area contributed by atoms with Crippen molar-refractivity contribution in [3.8, 4) is 11.5 Å². The van der Waals surface area contributed by atoms with Crippen LogP contribution in [0.1, 0.15) is 39.2 Å². The van der Waals surface area contributed by atoms with E-state index >= 15 is 0 Å². The van der Waals surface area contributed by atoms with Gasteiger partial charge in [-0.05, 0) is 64.3 Å². The van der Waals surface area contributed by atoms with Crippen LogP contribution in [0, 0.1) is 0 Å². The molecule has 0 bridgehead atoms. The second-order valence-corrected chi connectivity index (χ2v) is 5.92. The number of nitrogens with one attached hydrogen (secondary N) is 1. The molecular weight excluding hydrogens is 238 g/mol. The van der Waals surface area contributed by atoms with E-state index in [0.717, 1.165) is 24.5 Å². The minimum Gasteiger partial charge on any atom is -0.493 e. The van der Waals surface area contributed by atoms with E-state index in [1.54, 1.807) is 7.11 Å². The molecule has 0 aliphatic carbocycles. The smallest absolute Gasteiger partial charge is 0.161 e. The summed E-state index contributed by atoms with van der Waals surface area (Å²) in [6, 6.07) is 6.26. The summed E-state index contributed by atoms with van der Waals surface area (Å²) in [5.74, 6) is 1.65. The number of ether oxygens (including phenoxy) is 2. The van der Waals surface area contributed by atoms with E-state index in [4.69, 9.17) is 9.47 Å². The zero-order valence-corrected chi connectivity index (χ0v) is 12.5. The van der Waals surface area contributed by atoms with Crippen LogP contribution in [0.4, 0.5) is 0 Å². The molecule has 0 aromatic heterocycles. The Morgan fingerprint density at radius 3 is 2.68 bits per heavy atom. The number of rotatable bonds is 5. The van der Waals surface area contributed by atoms with Gasteiger partial charge in [0.1, 0.15) is 0 Å². The second-order valence-electron chi connectivity index (χ2n) is 5.92. The molecule has 19 heavy (non-hydrogen) atoms. The van der Waals surface area contributed by atoms with Crippen LogP contribution in [0.3, 0.4) is 0 Å². The Kier molecular flexibility index (Phi) is 4.35. The molecule has 0 saturated carbocycles. The molecule has 0 amide bonds. The number of methoxy groups -OCH3 is 1. The van der Waals surface area contributed by atoms with Crippen LogP contribution in [0.5, 0.6) is 11.5 Å². The summed E-state index contributed by atoms with van der Waals surface area (Å²) in [7, 11) is 1.70. The van der Waals surface area contributed by atoms with Gasteiger partial charge < -0.3 is 14.8 Å². The van der Waals surface area contributed by atoms with Crippen molar-refractivity contribution in [3.63, 3.8) is 0 Å². The van der Waals surface area contributed by atoms with E-state index < -0.39 is 0 Å². The molecule has 1 aliphatic rings. The minimum absolute atomic E-state index is 0.161. The number of benzene rings is 1. The first-order chi connectivity index (χ1) is 9.02. The predicted octanol–water partition coefficient (Wildman–Crippen LogP) is 3.17. The Balaban J connectivity index is 2.14. The average molecular weight is 263 g/mol. The summed E-state index contributed by atoms with van der Waals surface area (Å²) in [5.41, 5.74) is 1.52. The Labute approximate surface area is 116 Å². The minimum atomic E-state index is 0.161. The lowest BCUT2D eigenvalue weighted by molar-refractivity contribution is 0.230. The molecule has 106 valence electrons. The summed E-state index contributed by atoms with van der Waals surface area (Å²) in [5, 5.41) is 3.59. The first kappa shape index (κ1) is 14.2. The SMILES string of the molecule is COc1cc(CC2(C)CCCN2)ccc1OC(C)C. The molecule has 3 heteroatoms. The van der Waals surface area contributed by atoms with E-state index in [9.17, 15) is 0 Å². The van der Waals surface area contributed by atoms with Gasteiger partial charge in [0.05, 0.1) is 13.2 Å². The lowest BCUT2D eigenvalue weighted by Gasteiger charge is -2.25. The van der Waals surface area contributed by atoms with Gasteiger partial charge in [-0.3, -0.25) is 0 Å². The molecule has 2 rings (SSSR count). The Morgan fingerprint density at radius 2 is 2.11 bits per heavy atom. The van der Waals surface area contributed by atoms with Crippen molar-refractivity contribution in [2.45, 2.75) is 51.7 Å². The number of hydrogen-bond acceptors (Lipinski definition) is 3. The number of hydrogen-bond donors (Lipinski definition) is 1. The van der Waals surface area contributed by atoms with Crippen LogP contribution in [-0.4, -0.2) is 25.3 Å². The van der Waals surface area contributed by atoms with Gasteiger partial charge in [0.15, 0.2) is 11.5 Å². The monoisotopic (exact) mass is 263 g/mol. The van der Waals surface area contributed by atoms with Crippen molar-refractivity contribution < 1.29 is 9.47 Å². The van der Waals surface area contributed by atoms with Gasteiger partial charge in [-0.2, -0.15) is 0 Å². The van der Waals surface area contributed by atoms with Gasteiger partial charge >= 0.3 is 0 Å². The second kappa shape index (κ2) is 5.83. The summed E-state index contributed by atoms with van der Waals surface area (Å²) >= 11 is 0. The summed E-state index contributed by atoms with van der Waals surface area (Å²) < 4.78 is 11.2. The highest BCUT2D eigenvalue weighted by Crippen LogP contribution is 2.31. The predicted molar refractivity (Wildman–Crippen MR) is 78.1 cm³/mol. The van der Waals surface area contributed by atoms with Crippen molar-refractivity contribution in [2.75, 3.05) is 13.7 Å². The first-order valence-electron chi connectivity index (χ1n) is 7.11. The van der Waals surface area contributed by atoms with Gasteiger partial charge in [-0.1, -0.05) is 6.07 Å². The van der Waals surface area contributed by atoms with Crippen LogP contribution in [0.15, 0.2) is 18.2 Å². The van der Waals surface area contributed by atoms with Crippen molar-refractivity contribution in [2.24, 2.45) is 0 Å². The normalized spacial score (nSPS) is 22.8. The van der Waals surface area contributed by atoms with Crippen LogP contribution < -0.4 is 14.8 Å². The molecular formula is C16H25NO2. The van der Waals surface area contributed by atoms with Crippen molar-refractivity contribution in [1.29, 1.82) is 0 Å². The molecule has 1 aliphatic heterocycles. The molecule has 1 aromatic carbocycles. The highest BCUT2D eigenvalue weighted by molar-refractivity contribution is 5.43. The molecule has 1 heterocycles. The first-order valence-corrected chi connectivity index (χ1v) is 7.11. The largest absolute Gasteiger partial charge is 0.493 e. The maximum Gasteiger partial charge on any atom is 0.161 e. The fourth-order valence-electron chi connectivity index (χ4n) is 2.73. The molecule has 1 unspecified atom stereocenters. The van der Waals surface area contributed by atoms with Gasteiger partial charge in [0, 0.05) is 5.54 Å². The average Bonchev–Trinajstić information content (AvgIpc) is 2.77. The summed E-state index contributed by atoms with van der Waals surface area (Å²) in [6.45, 7) is 7.47. The van der Waals surface area contributed by atoms with Gasteiger partial charge in [-0.25, -0.2) is 0 Å². The van der Waals surface area contributed by atoms with E-state index in [-0.39, 0.29) is 11.6 Å². The van der Waals surface area contributed by atoms with Crippen LogP contribution in [0.25, 0.3) is 0 Å². The molecule has 0 radical (unpaired) electrons. The highest BCUT2D eigenvalue weighted by Gasteiger charge is 2.28. The third-order valence-corrected chi connectivity index (χ3v) is 3.64. The van der Waals surface area contributed by atoms with Crippen LogP contribution in [-0.2, 0) is 6.42 Å². The highest BCUT2D eigenvalue weighted by atomic mass is 16.5. The fraction of sp³-hybridized carbons (Fsp3) is 0.625. The quantitative estimate of drug-likeness (QED) is 0.885. The lowest BCUT2D eigenvalue weighted by Crippen LogP contribution is -2.38. The Morgan fingerprint density at radius 1 is 1.32 bits per heavy atom. The van der Waals surface area contributed by atoms with Crippen LogP contribution in [0.2, 0.25) is 0 Å². The molecule has 1 saturated heterocycles. The Hall–Kier alpha value is -1.22. The Bertz CT molecular complexity index is 423.